The summed E-state index contributed by atoms with van der Waals surface area (Å²) in [6, 6.07) is 8.16. The lowest BCUT2D eigenvalue weighted by Gasteiger charge is -2.34. The van der Waals surface area contributed by atoms with Gasteiger partial charge in [0.1, 0.15) is 0 Å². The Morgan fingerprint density at radius 2 is 2.06 bits per heavy atom. The number of aryl methyl sites for hydroxylation is 1. The van der Waals surface area contributed by atoms with Crippen molar-refractivity contribution >= 4 is 5.91 Å². The first kappa shape index (κ1) is 13.1. The highest BCUT2D eigenvalue weighted by Crippen LogP contribution is 2.28. The number of hydrogen-bond acceptors (Lipinski definition) is 2. The van der Waals surface area contributed by atoms with Gasteiger partial charge >= 0.3 is 0 Å². The Morgan fingerprint density at radius 3 is 2.67 bits per heavy atom. The summed E-state index contributed by atoms with van der Waals surface area (Å²) in [6.07, 6.45) is 2.56. The number of amides is 1. The number of benzene rings is 1. The summed E-state index contributed by atoms with van der Waals surface area (Å²) in [5.74, 6) is 0.198. The van der Waals surface area contributed by atoms with Gasteiger partial charge in [-0.15, -0.1) is 0 Å². The lowest BCUT2D eigenvalue weighted by atomic mass is 9.98. The molecule has 0 bridgehead atoms. The number of carbonyl (C=O) groups is 1. The molecule has 0 spiro atoms. The van der Waals surface area contributed by atoms with Crippen molar-refractivity contribution in [3.8, 4) is 0 Å². The number of hydrogen-bond donors (Lipinski definition) is 1. The fraction of sp³-hybridized carbons (Fsp3) is 0.533. The monoisotopic (exact) mass is 246 g/mol. The molecule has 1 fully saturated rings. The van der Waals surface area contributed by atoms with Crippen LogP contribution >= 0.6 is 0 Å². The van der Waals surface area contributed by atoms with Gasteiger partial charge in [-0.1, -0.05) is 29.8 Å². The first-order chi connectivity index (χ1) is 8.55. The quantitative estimate of drug-likeness (QED) is 0.885. The molecule has 1 atom stereocenters. The third-order valence-electron chi connectivity index (χ3n) is 3.97. The van der Waals surface area contributed by atoms with Crippen LogP contribution in [0.4, 0.5) is 0 Å². The van der Waals surface area contributed by atoms with E-state index >= 15 is 0 Å². The van der Waals surface area contributed by atoms with Gasteiger partial charge < -0.3 is 10.6 Å². The molecule has 1 aromatic rings. The van der Waals surface area contributed by atoms with E-state index in [2.05, 4.69) is 26.0 Å². The number of carbonyl (C=O) groups excluding carboxylic acids is 1. The van der Waals surface area contributed by atoms with Crippen LogP contribution in [-0.2, 0) is 11.2 Å². The summed E-state index contributed by atoms with van der Waals surface area (Å²) >= 11 is 0. The molecule has 0 aromatic heterocycles. The van der Waals surface area contributed by atoms with Crippen molar-refractivity contribution in [2.45, 2.75) is 38.6 Å². The van der Waals surface area contributed by atoms with Crippen LogP contribution in [0, 0.1) is 6.92 Å². The SMILES string of the molecule is Cc1ccc(CC(=O)N2CCCC2(C)CN)cc1. The lowest BCUT2D eigenvalue weighted by Crippen LogP contribution is -2.50. The van der Waals surface area contributed by atoms with E-state index in [0.717, 1.165) is 24.9 Å². The van der Waals surface area contributed by atoms with Crippen molar-refractivity contribution in [2.24, 2.45) is 5.73 Å². The van der Waals surface area contributed by atoms with E-state index in [1.807, 2.05) is 17.0 Å². The lowest BCUT2D eigenvalue weighted by molar-refractivity contribution is -0.133. The van der Waals surface area contributed by atoms with E-state index < -0.39 is 0 Å². The zero-order valence-corrected chi connectivity index (χ0v) is 11.3. The summed E-state index contributed by atoms with van der Waals surface area (Å²) in [7, 11) is 0. The van der Waals surface area contributed by atoms with Gasteiger partial charge in [-0.2, -0.15) is 0 Å². The van der Waals surface area contributed by atoms with Crippen LogP contribution in [0.15, 0.2) is 24.3 Å². The smallest absolute Gasteiger partial charge is 0.227 e. The van der Waals surface area contributed by atoms with Gasteiger partial charge in [0.2, 0.25) is 5.91 Å². The molecule has 2 rings (SSSR count). The maximum absolute atomic E-state index is 12.3. The van der Waals surface area contributed by atoms with Crippen LogP contribution in [0.3, 0.4) is 0 Å². The molecule has 1 saturated heterocycles. The zero-order chi connectivity index (χ0) is 13.2. The third kappa shape index (κ3) is 2.56. The average Bonchev–Trinajstić information content (AvgIpc) is 2.75. The third-order valence-corrected chi connectivity index (χ3v) is 3.97. The average molecular weight is 246 g/mol. The number of rotatable bonds is 3. The molecule has 1 aliphatic heterocycles. The van der Waals surface area contributed by atoms with Crippen LogP contribution in [0.25, 0.3) is 0 Å². The fourth-order valence-corrected chi connectivity index (χ4v) is 2.64. The maximum Gasteiger partial charge on any atom is 0.227 e. The van der Waals surface area contributed by atoms with Gasteiger partial charge in [0.15, 0.2) is 0 Å². The van der Waals surface area contributed by atoms with E-state index in [1.54, 1.807) is 0 Å². The van der Waals surface area contributed by atoms with Crippen LogP contribution < -0.4 is 5.73 Å². The minimum absolute atomic E-state index is 0.137. The minimum atomic E-state index is -0.137. The second-order valence-electron chi connectivity index (χ2n) is 5.51. The second-order valence-corrected chi connectivity index (χ2v) is 5.51. The first-order valence-electron chi connectivity index (χ1n) is 6.61. The highest BCUT2D eigenvalue weighted by Gasteiger charge is 2.37. The van der Waals surface area contributed by atoms with Gasteiger partial charge in [0.25, 0.3) is 0 Å². The first-order valence-corrected chi connectivity index (χ1v) is 6.61. The molecule has 0 saturated carbocycles. The highest BCUT2D eigenvalue weighted by molar-refractivity contribution is 5.80. The van der Waals surface area contributed by atoms with Crippen LogP contribution in [0.5, 0.6) is 0 Å². The zero-order valence-electron chi connectivity index (χ0n) is 11.3. The van der Waals surface area contributed by atoms with Crippen molar-refractivity contribution < 1.29 is 4.79 Å². The normalized spacial score (nSPS) is 23.4. The molecule has 0 radical (unpaired) electrons. The molecule has 3 nitrogen and oxygen atoms in total. The standard InChI is InChI=1S/C15H22N2O/c1-12-4-6-13(7-5-12)10-14(18)17-9-3-8-15(17,2)11-16/h4-7H,3,8-11,16H2,1-2H3. The van der Waals surface area contributed by atoms with E-state index in [4.69, 9.17) is 5.73 Å². The molecule has 1 amide bonds. The van der Waals surface area contributed by atoms with Gasteiger partial charge in [-0.25, -0.2) is 0 Å². The molecule has 18 heavy (non-hydrogen) atoms. The Bertz CT molecular complexity index is 427. The minimum Gasteiger partial charge on any atom is -0.336 e. The molecular weight excluding hydrogens is 224 g/mol. The molecule has 3 heteroatoms. The Morgan fingerprint density at radius 1 is 1.39 bits per heavy atom. The van der Waals surface area contributed by atoms with E-state index in [0.29, 0.717) is 13.0 Å². The van der Waals surface area contributed by atoms with Gasteiger partial charge in [0, 0.05) is 13.1 Å². The molecule has 1 heterocycles. The van der Waals surface area contributed by atoms with Crippen molar-refractivity contribution in [3.63, 3.8) is 0 Å². The van der Waals surface area contributed by atoms with Crippen molar-refractivity contribution in [3.05, 3.63) is 35.4 Å². The molecule has 1 unspecified atom stereocenters. The summed E-state index contributed by atoms with van der Waals surface area (Å²) in [5.41, 5.74) is 7.98. The molecule has 98 valence electrons. The summed E-state index contributed by atoms with van der Waals surface area (Å²) in [5, 5.41) is 0. The van der Waals surface area contributed by atoms with E-state index in [9.17, 15) is 4.79 Å². The molecule has 0 aliphatic carbocycles. The van der Waals surface area contributed by atoms with Gasteiger partial charge in [0.05, 0.1) is 12.0 Å². The van der Waals surface area contributed by atoms with Gasteiger partial charge in [-0.3, -0.25) is 4.79 Å². The van der Waals surface area contributed by atoms with Crippen molar-refractivity contribution in [2.75, 3.05) is 13.1 Å². The predicted molar refractivity (Wildman–Crippen MR) is 73.3 cm³/mol. The number of likely N-dealkylation sites (tertiary alicyclic amines) is 1. The Hall–Kier alpha value is -1.35. The summed E-state index contributed by atoms with van der Waals surface area (Å²) < 4.78 is 0. The number of nitrogens with two attached hydrogens (primary N) is 1. The Balaban J connectivity index is 2.06. The fourth-order valence-electron chi connectivity index (χ4n) is 2.64. The van der Waals surface area contributed by atoms with Gasteiger partial charge in [-0.05, 0) is 32.3 Å². The van der Waals surface area contributed by atoms with Crippen molar-refractivity contribution in [1.82, 2.24) is 4.90 Å². The number of nitrogens with zero attached hydrogens (tertiary/aromatic N) is 1. The van der Waals surface area contributed by atoms with Crippen LogP contribution in [0.1, 0.15) is 30.9 Å². The van der Waals surface area contributed by atoms with E-state index in [1.165, 1.54) is 5.56 Å². The van der Waals surface area contributed by atoms with Crippen molar-refractivity contribution in [1.29, 1.82) is 0 Å². The van der Waals surface area contributed by atoms with Crippen LogP contribution in [0.2, 0.25) is 0 Å². The molecular formula is C15H22N2O. The molecule has 1 aliphatic rings. The summed E-state index contributed by atoms with van der Waals surface area (Å²) in [4.78, 5) is 14.3. The highest BCUT2D eigenvalue weighted by atomic mass is 16.2. The molecule has 2 N–H and O–H groups in total. The molecule has 1 aromatic carbocycles. The topological polar surface area (TPSA) is 46.3 Å². The Labute approximate surface area is 109 Å². The second kappa shape index (κ2) is 5.11. The van der Waals surface area contributed by atoms with Crippen LogP contribution in [-0.4, -0.2) is 29.4 Å². The largest absolute Gasteiger partial charge is 0.336 e. The maximum atomic E-state index is 12.3. The summed E-state index contributed by atoms with van der Waals surface area (Å²) in [6.45, 7) is 5.54. The van der Waals surface area contributed by atoms with E-state index in [-0.39, 0.29) is 11.4 Å². The Kier molecular flexibility index (Phi) is 3.71. The predicted octanol–water partition coefficient (Wildman–Crippen LogP) is 1.88.